The van der Waals surface area contributed by atoms with Crippen molar-refractivity contribution >= 4 is 11.6 Å². The highest BCUT2D eigenvalue weighted by atomic mass is 16.3. The first-order valence-corrected chi connectivity index (χ1v) is 9.80. The van der Waals surface area contributed by atoms with Gasteiger partial charge in [-0.15, -0.1) is 0 Å². The summed E-state index contributed by atoms with van der Waals surface area (Å²) in [5.74, 6) is 0.654. The van der Waals surface area contributed by atoms with Crippen LogP contribution >= 0.6 is 0 Å². The number of ketones is 2. The molecule has 8 atom stereocenters. The third kappa shape index (κ3) is 2.19. The van der Waals surface area contributed by atoms with E-state index in [1.165, 1.54) is 5.57 Å². The molecule has 0 amide bonds. The number of hydrogen-bond donors (Lipinski definition) is 2. The SMILES string of the molecule is CC(=O)[C@@H]1C[C@H](O)[C@@H]2[C@@H]3CCC4=CC(=O)CC[C@]4(C)[C@@H]3C[C@@H](O)[C@@]21C. The molecule has 0 aromatic heterocycles. The molecule has 4 nitrogen and oxygen atoms in total. The molecule has 3 fully saturated rings. The number of fused-ring (bicyclic) bond motifs is 5. The highest BCUT2D eigenvalue weighted by molar-refractivity contribution is 5.91. The van der Waals surface area contributed by atoms with Crippen LogP contribution in [0, 0.1) is 34.5 Å². The van der Waals surface area contributed by atoms with E-state index in [1.54, 1.807) is 6.92 Å². The zero-order valence-electron chi connectivity index (χ0n) is 15.5. The number of aliphatic hydroxyl groups is 2. The number of carbonyl (C=O) groups excluding carboxylic acids is 2. The van der Waals surface area contributed by atoms with E-state index in [4.69, 9.17) is 0 Å². The lowest BCUT2D eigenvalue weighted by Crippen LogP contribution is -2.58. The van der Waals surface area contributed by atoms with Crippen LogP contribution in [0.15, 0.2) is 11.6 Å². The van der Waals surface area contributed by atoms with Gasteiger partial charge >= 0.3 is 0 Å². The largest absolute Gasteiger partial charge is 0.393 e. The zero-order chi connectivity index (χ0) is 18.1. The number of allylic oxidation sites excluding steroid dienone is 1. The molecule has 0 aromatic rings. The van der Waals surface area contributed by atoms with Crippen LogP contribution in [0.1, 0.15) is 59.3 Å². The van der Waals surface area contributed by atoms with Gasteiger partial charge in [-0.25, -0.2) is 0 Å². The molecule has 25 heavy (non-hydrogen) atoms. The van der Waals surface area contributed by atoms with Gasteiger partial charge in [-0.1, -0.05) is 19.4 Å². The number of carbonyl (C=O) groups is 2. The maximum absolute atomic E-state index is 12.2. The lowest BCUT2D eigenvalue weighted by atomic mass is 9.45. The van der Waals surface area contributed by atoms with Crippen LogP contribution < -0.4 is 0 Å². The number of hydrogen-bond acceptors (Lipinski definition) is 4. The van der Waals surface area contributed by atoms with Crippen LogP contribution in [0.3, 0.4) is 0 Å². The Morgan fingerprint density at radius 3 is 2.60 bits per heavy atom. The van der Waals surface area contributed by atoms with Crippen LogP contribution in [0.25, 0.3) is 0 Å². The molecule has 0 saturated heterocycles. The summed E-state index contributed by atoms with van der Waals surface area (Å²) in [4.78, 5) is 24.1. The molecule has 138 valence electrons. The number of Topliss-reactive ketones (excluding diaryl/α,β-unsaturated/α-hetero) is 1. The van der Waals surface area contributed by atoms with Crippen LogP contribution in [0.2, 0.25) is 0 Å². The van der Waals surface area contributed by atoms with Crippen molar-refractivity contribution < 1.29 is 19.8 Å². The molecular formula is C21H30O4. The van der Waals surface area contributed by atoms with Gasteiger partial charge in [-0.3, -0.25) is 9.59 Å². The minimum Gasteiger partial charge on any atom is -0.393 e. The fourth-order valence-corrected chi connectivity index (χ4v) is 7.20. The van der Waals surface area contributed by atoms with Crippen molar-refractivity contribution in [2.75, 3.05) is 0 Å². The maximum Gasteiger partial charge on any atom is 0.155 e. The van der Waals surface area contributed by atoms with Crippen molar-refractivity contribution in [3.63, 3.8) is 0 Å². The summed E-state index contributed by atoms with van der Waals surface area (Å²) in [5, 5.41) is 22.0. The Bertz CT molecular complexity index is 652. The summed E-state index contributed by atoms with van der Waals surface area (Å²) in [6.45, 7) is 5.87. The molecule has 0 unspecified atom stereocenters. The monoisotopic (exact) mass is 346 g/mol. The molecule has 3 saturated carbocycles. The molecule has 4 aliphatic rings. The Balaban J connectivity index is 1.75. The van der Waals surface area contributed by atoms with Crippen LogP contribution in [-0.4, -0.2) is 34.0 Å². The van der Waals surface area contributed by atoms with E-state index in [0.717, 1.165) is 19.3 Å². The second-order valence-corrected chi connectivity index (χ2v) is 9.47. The topological polar surface area (TPSA) is 74.6 Å². The van der Waals surface area contributed by atoms with E-state index in [9.17, 15) is 19.8 Å². The summed E-state index contributed by atoms with van der Waals surface area (Å²) in [6.07, 6.45) is 5.21. The van der Waals surface area contributed by atoms with Crippen molar-refractivity contribution in [3.05, 3.63) is 11.6 Å². The Kier molecular flexibility index (Phi) is 3.83. The molecule has 2 N–H and O–H groups in total. The molecule has 0 radical (unpaired) electrons. The van der Waals surface area contributed by atoms with E-state index < -0.39 is 17.6 Å². The van der Waals surface area contributed by atoms with Crippen LogP contribution in [0.4, 0.5) is 0 Å². The lowest BCUT2D eigenvalue weighted by molar-refractivity contribution is -0.157. The van der Waals surface area contributed by atoms with Crippen molar-refractivity contribution in [1.82, 2.24) is 0 Å². The summed E-state index contributed by atoms with van der Waals surface area (Å²) in [5.41, 5.74) is 0.679. The van der Waals surface area contributed by atoms with E-state index in [2.05, 4.69) is 6.92 Å². The molecule has 0 aromatic carbocycles. The summed E-state index contributed by atoms with van der Waals surface area (Å²) < 4.78 is 0. The smallest absolute Gasteiger partial charge is 0.155 e. The Morgan fingerprint density at radius 1 is 1.20 bits per heavy atom. The maximum atomic E-state index is 12.2. The predicted molar refractivity (Wildman–Crippen MR) is 93.7 cm³/mol. The van der Waals surface area contributed by atoms with Crippen LogP contribution in [-0.2, 0) is 9.59 Å². The number of rotatable bonds is 1. The highest BCUT2D eigenvalue weighted by Gasteiger charge is 2.65. The van der Waals surface area contributed by atoms with Crippen molar-refractivity contribution in [3.8, 4) is 0 Å². The highest BCUT2D eigenvalue weighted by Crippen LogP contribution is 2.66. The van der Waals surface area contributed by atoms with Gasteiger partial charge in [0.1, 0.15) is 5.78 Å². The Hall–Kier alpha value is -1.00. The molecular weight excluding hydrogens is 316 g/mol. The fourth-order valence-electron chi connectivity index (χ4n) is 7.20. The predicted octanol–water partition coefficient (Wildman–Crippen LogP) is 2.67. The molecule has 0 heterocycles. The molecule has 0 bridgehead atoms. The normalized spacial score (nSPS) is 52.0. The van der Waals surface area contributed by atoms with Crippen molar-refractivity contribution in [2.24, 2.45) is 34.5 Å². The molecule has 4 rings (SSSR count). The molecule has 0 spiro atoms. The fraction of sp³-hybridized carbons (Fsp3) is 0.810. The van der Waals surface area contributed by atoms with E-state index in [-0.39, 0.29) is 34.7 Å². The quantitative estimate of drug-likeness (QED) is 0.765. The third-order valence-electron chi connectivity index (χ3n) is 8.55. The van der Waals surface area contributed by atoms with Gasteiger partial charge in [-0.05, 0) is 68.3 Å². The van der Waals surface area contributed by atoms with E-state index in [0.29, 0.717) is 25.2 Å². The first-order chi connectivity index (χ1) is 11.7. The van der Waals surface area contributed by atoms with Gasteiger partial charge in [0.05, 0.1) is 12.2 Å². The second kappa shape index (κ2) is 5.50. The Morgan fingerprint density at radius 2 is 1.92 bits per heavy atom. The molecule has 4 aliphatic carbocycles. The van der Waals surface area contributed by atoms with Gasteiger partial charge in [-0.2, -0.15) is 0 Å². The van der Waals surface area contributed by atoms with Gasteiger partial charge in [0, 0.05) is 17.8 Å². The molecule has 4 heteroatoms. The zero-order valence-corrected chi connectivity index (χ0v) is 15.5. The minimum atomic E-state index is -0.571. The van der Waals surface area contributed by atoms with Crippen molar-refractivity contribution in [1.29, 1.82) is 0 Å². The standard InChI is InChI=1S/C21H30O4/c1-11(22)15-9-17(24)19-14-5-4-12-8-13(23)6-7-20(12,2)16(14)10-18(25)21(15,19)3/h8,14-19,24-25H,4-7,9-10H2,1-3H3/t14-,15+,16-,17+,18-,19+,20+,21+/m1/s1. The first-order valence-electron chi connectivity index (χ1n) is 9.80. The molecule has 0 aliphatic heterocycles. The first kappa shape index (κ1) is 17.4. The van der Waals surface area contributed by atoms with Crippen molar-refractivity contribution in [2.45, 2.75) is 71.5 Å². The lowest BCUT2D eigenvalue weighted by Gasteiger charge is -2.59. The van der Waals surface area contributed by atoms with Gasteiger partial charge in [0.2, 0.25) is 0 Å². The summed E-state index contributed by atoms with van der Waals surface area (Å²) in [7, 11) is 0. The van der Waals surface area contributed by atoms with E-state index in [1.807, 2.05) is 13.0 Å². The summed E-state index contributed by atoms with van der Waals surface area (Å²) >= 11 is 0. The number of aliphatic hydroxyl groups excluding tert-OH is 2. The third-order valence-corrected chi connectivity index (χ3v) is 8.55. The second-order valence-electron chi connectivity index (χ2n) is 9.47. The van der Waals surface area contributed by atoms with Gasteiger partial charge in [0.25, 0.3) is 0 Å². The summed E-state index contributed by atoms with van der Waals surface area (Å²) in [6, 6.07) is 0. The van der Waals surface area contributed by atoms with E-state index >= 15 is 0 Å². The minimum absolute atomic E-state index is 0.0221. The van der Waals surface area contributed by atoms with Crippen LogP contribution in [0.5, 0.6) is 0 Å². The Labute approximate surface area is 149 Å². The average molecular weight is 346 g/mol. The average Bonchev–Trinajstić information content (AvgIpc) is 2.82. The van der Waals surface area contributed by atoms with Gasteiger partial charge < -0.3 is 10.2 Å². The van der Waals surface area contributed by atoms with Gasteiger partial charge in [0.15, 0.2) is 5.78 Å².